The molecule has 1 aliphatic rings. The third-order valence-corrected chi connectivity index (χ3v) is 6.14. The van der Waals surface area contributed by atoms with Crippen molar-refractivity contribution in [1.29, 1.82) is 0 Å². The molecular weight excluding hydrogens is 344 g/mol. The highest BCUT2D eigenvalue weighted by Crippen LogP contribution is 2.46. The van der Waals surface area contributed by atoms with Crippen LogP contribution in [0.4, 0.5) is 5.69 Å². The van der Waals surface area contributed by atoms with Gasteiger partial charge in [-0.1, -0.05) is 18.0 Å². The van der Waals surface area contributed by atoms with E-state index in [-0.39, 0.29) is 10.7 Å². The summed E-state index contributed by atoms with van der Waals surface area (Å²) in [5, 5.41) is 4.59. The Balaban J connectivity index is 2.13. The van der Waals surface area contributed by atoms with E-state index in [1.807, 2.05) is 13.0 Å². The lowest BCUT2D eigenvalue weighted by atomic mass is 9.81. The fourth-order valence-electron chi connectivity index (χ4n) is 2.62. The Labute approximate surface area is 152 Å². The number of carbonyl (C=O) groups excluding carboxylic acids is 1. The van der Waals surface area contributed by atoms with Crippen LogP contribution in [0, 0.1) is 0 Å². The summed E-state index contributed by atoms with van der Waals surface area (Å²) in [5.41, 5.74) is 1.49. The predicted octanol–water partition coefficient (Wildman–Crippen LogP) is 4.25. The van der Waals surface area contributed by atoms with Crippen LogP contribution in [-0.2, 0) is 4.79 Å². The first-order valence-electron chi connectivity index (χ1n) is 7.79. The van der Waals surface area contributed by atoms with Crippen molar-refractivity contribution >= 4 is 47.4 Å². The number of thioether (sulfide) groups is 1. The average Bonchev–Trinajstić information content (AvgIpc) is 2.92. The van der Waals surface area contributed by atoms with Crippen LogP contribution in [0.3, 0.4) is 0 Å². The second kappa shape index (κ2) is 8.03. The quantitative estimate of drug-likeness (QED) is 0.535. The van der Waals surface area contributed by atoms with Crippen LogP contribution < -0.4 is 4.90 Å². The number of anilines is 1. The van der Waals surface area contributed by atoms with E-state index in [9.17, 15) is 4.79 Å². The number of amides is 1. The largest absolute Gasteiger partial charge is 0.311 e. The summed E-state index contributed by atoms with van der Waals surface area (Å²) in [6.45, 7) is 5.29. The second-order valence-electron chi connectivity index (χ2n) is 5.95. The number of rotatable bonds is 7. The van der Waals surface area contributed by atoms with Crippen LogP contribution in [0.25, 0.3) is 5.70 Å². The zero-order valence-corrected chi connectivity index (χ0v) is 15.9. The molecule has 0 atom stereocenters. The van der Waals surface area contributed by atoms with E-state index >= 15 is 0 Å². The van der Waals surface area contributed by atoms with Gasteiger partial charge in [0, 0.05) is 30.1 Å². The molecule has 1 saturated carbocycles. The third kappa shape index (κ3) is 4.11. The van der Waals surface area contributed by atoms with Crippen molar-refractivity contribution in [2.75, 3.05) is 18.2 Å². The molecule has 0 N–H and O–H groups in total. The van der Waals surface area contributed by atoms with Gasteiger partial charge >= 0.3 is 0 Å². The average molecular weight is 367 g/mol. The van der Waals surface area contributed by atoms with Crippen molar-refractivity contribution in [3.8, 4) is 0 Å². The maximum absolute atomic E-state index is 12.6. The monoisotopic (exact) mass is 366 g/mol. The minimum atomic E-state index is 0.0721. The van der Waals surface area contributed by atoms with Crippen LogP contribution in [0.2, 0.25) is 5.15 Å². The third-order valence-electron chi connectivity index (χ3n) is 4.45. The minimum absolute atomic E-state index is 0.0721. The van der Waals surface area contributed by atoms with Gasteiger partial charge in [-0.3, -0.25) is 9.79 Å². The smallest absolute Gasteiger partial charge is 0.228 e. The molecule has 1 aromatic rings. The Kier molecular flexibility index (Phi) is 6.29. The normalized spacial score (nSPS) is 16.9. The molecule has 1 aliphatic carbocycles. The number of carbonyl (C=O) groups is 1. The highest BCUT2D eigenvalue weighted by molar-refractivity contribution is 8.00. The number of aromatic nitrogens is 2. The first-order chi connectivity index (χ1) is 11.4. The lowest BCUT2D eigenvalue weighted by Crippen LogP contribution is -2.40. The summed E-state index contributed by atoms with van der Waals surface area (Å²) in [5.74, 6) is 0.0721. The molecule has 130 valence electrons. The van der Waals surface area contributed by atoms with Crippen LogP contribution in [0.15, 0.2) is 29.5 Å². The predicted molar refractivity (Wildman–Crippen MR) is 104 cm³/mol. The van der Waals surface area contributed by atoms with Crippen LogP contribution in [0.5, 0.6) is 0 Å². The van der Waals surface area contributed by atoms with Gasteiger partial charge in [-0.05, 0) is 44.9 Å². The molecule has 0 unspecified atom stereocenters. The van der Waals surface area contributed by atoms with Gasteiger partial charge in [-0.15, -0.1) is 0 Å². The number of halogens is 1. The Morgan fingerprint density at radius 3 is 2.88 bits per heavy atom. The molecule has 1 fully saturated rings. The summed E-state index contributed by atoms with van der Waals surface area (Å²) in [4.78, 5) is 17.9. The molecular formula is C17H23ClN4OS. The van der Waals surface area contributed by atoms with Crippen molar-refractivity contribution in [3.63, 3.8) is 0 Å². The fraction of sp³-hybridized carbons (Fsp3) is 0.471. The van der Waals surface area contributed by atoms with Gasteiger partial charge in [-0.25, -0.2) is 4.68 Å². The van der Waals surface area contributed by atoms with Crippen molar-refractivity contribution in [1.82, 2.24) is 9.78 Å². The van der Waals surface area contributed by atoms with Crippen molar-refractivity contribution in [2.45, 2.75) is 37.4 Å². The molecule has 5 nitrogen and oxygen atoms in total. The molecule has 0 aliphatic heterocycles. The van der Waals surface area contributed by atoms with E-state index in [0.29, 0.717) is 17.3 Å². The SMILES string of the molecule is C=N/C=C\C=C(/C)n1cc(N(C)C(=O)CC2(SC)CCC2)c(Cl)n1. The molecule has 0 saturated heterocycles. The zero-order chi connectivity index (χ0) is 17.7. The summed E-state index contributed by atoms with van der Waals surface area (Å²) in [6, 6.07) is 0. The fourth-order valence-corrected chi connectivity index (χ4v) is 3.84. The molecule has 1 amide bonds. The topological polar surface area (TPSA) is 50.5 Å². The van der Waals surface area contributed by atoms with Gasteiger partial charge in [0.15, 0.2) is 5.15 Å². The lowest BCUT2D eigenvalue weighted by molar-refractivity contribution is -0.119. The number of hydrogen-bond donors (Lipinski definition) is 0. The van der Waals surface area contributed by atoms with E-state index in [1.165, 1.54) is 6.42 Å². The summed E-state index contributed by atoms with van der Waals surface area (Å²) in [7, 11) is 1.75. The van der Waals surface area contributed by atoms with Gasteiger partial charge in [-0.2, -0.15) is 16.9 Å². The van der Waals surface area contributed by atoms with Crippen LogP contribution >= 0.6 is 23.4 Å². The van der Waals surface area contributed by atoms with Gasteiger partial charge in [0.05, 0.1) is 6.20 Å². The first kappa shape index (κ1) is 18.8. The standard InChI is InChI=1S/C17H23ClN4OS/c1-13(7-5-10-19-2)22-12-14(16(18)20-22)21(3)15(23)11-17(24-4)8-6-9-17/h5,7,10,12H,2,6,8-9,11H2,1,3-4H3/b10-5-,13-7+. The number of hydrogen-bond acceptors (Lipinski definition) is 4. The van der Waals surface area contributed by atoms with Gasteiger partial charge in [0.1, 0.15) is 5.69 Å². The van der Waals surface area contributed by atoms with Gasteiger partial charge in [0.2, 0.25) is 5.91 Å². The number of allylic oxidation sites excluding steroid dienone is 3. The maximum Gasteiger partial charge on any atom is 0.228 e. The molecule has 0 spiro atoms. The lowest BCUT2D eigenvalue weighted by Gasteiger charge is -2.40. The van der Waals surface area contributed by atoms with E-state index in [1.54, 1.807) is 46.9 Å². The molecule has 0 aromatic carbocycles. The molecule has 0 bridgehead atoms. The highest BCUT2D eigenvalue weighted by Gasteiger charge is 2.39. The molecule has 24 heavy (non-hydrogen) atoms. The highest BCUT2D eigenvalue weighted by atomic mass is 35.5. The maximum atomic E-state index is 12.6. The summed E-state index contributed by atoms with van der Waals surface area (Å²) in [6.07, 6.45) is 13.0. The van der Waals surface area contributed by atoms with Crippen molar-refractivity contribution < 1.29 is 4.79 Å². The molecule has 0 radical (unpaired) electrons. The summed E-state index contributed by atoms with van der Waals surface area (Å²) < 4.78 is 1.76. The molecule has 1 heterocycles. The van der Waals surface area contributed by atoms with Gasteiger partial charge < -0.3 is 4.90 Å². The Bertz CT molecular complexity index is 671. The van der Waals surface area contributed by atoms with Crippen molar-refractivity contribution in [3.05, 3.63) is 29.7 Å². The molecule has 1 aromatic heterocycles. The minimum Gasteiger partial charge on any atom is -0.311 e. The number of aliphatic imine (C=N–C) groups is 1. The molecule has 2 rings (SSSR count). The Hall–Kier alpha value is -1.53. The van der Waals surface area contributed by atoms with Crippen molar-refractivity contribution in [2.24, 2.45) is 4.99 Å². The Morgan fingerprint density at radius 2 is 2.33 bits per heavy atom. The van der Waals surface area contributed by atoms with Gasteiger partial charge in [0.25, 0.3) is 0 Å². The summed E-state index contributed by atoms with van der Waals surface area (Å²) >= 11 is 8.03. The van der Waals surface area contributed by atoms with E-state index in [0.717, 1.165) is 18.5 Å². The Morgan fingerprint density at radius 1 is 1.62 bits per heavy atom. The van der Waals surface area contributed by atoms with E-state index in [4.69, 9.17) is 11.6 Å². The van der Waals surface area contributed by atoms with E-state index < -0.39 is 0 Å². The zero-order valence-electron chi connectivity index (χ0n) is 14.3. The van der Waals surface area contributed by atoms with Crippen LogP contribution in [-0.4, -0.2) is 40.5 Å². The van der Waals surface area contributed by atoms with E-state index in [2.05, 4.69) is 23.1 Å². The van der Waals surface area contributed by atoms with Crippen LogP contribution in [0.1, 0.15) is 32.6 Å². The number of nitrogens with zero attached hydrogens (tertiary/aromatic N) is 4. The molecule has 7 heteroatoms. The first-order valence-corrected chi connectivity index (χ1v) is 9.39. The second-order valence-corrected chi connectivity index (χ2v) is 7.58.